The Hall–Kier alpha value is -1.39. The van der Waals surface area contributed by atoms with Gasteiger partial charge in [-0.3, -0.25) is 0 Å². The second kappa shape index (κ2) is 5.94. The third kappa shape index (κ3) is 2.58. The highest BCUT2D eigenvalue weighted by atomic mass is 15.2. The number of aromatic nitrogens is 2. The zero-order chi connectivity index (χ0) is 13.9. The minimum atomic E-state index is 0.547. The molecule has 0 aliphatic carbocycles. The highest BCUT2D eigenvalue weighted by Crippen LogP contribution is 2.21. The van der Waals surface area contributed by atoms with Gasteiger partial charge in [0.05, 0.1) is 5.69 Å². The van der Waals surface area contributed by atoms with E-state index in [1.165, 1.54) is 31.5 Å². The summed E-state index contributed by atoms with van der Waals surface area (Å²) in [4.78, 5) is 7.40. The van der Waals surface area contributed by atoms with Crippen LogP contribution in [-0.4, -0.2) is 33.4 Å². The molecule has 2 aromatic rings. The van der Waals surface area contributed by atoms with Crippen molar-refractivity contribution in [3.63, 3.8) is 0 Å². The van der Waals surface area contributed by atoms with Crippen LogP contribution in [-0.2, 0) is 13.0 Å². The summed E-state index contributed by atoms with van der Waals surface area (Å²) in [6.07, 6.45) is 9.26. The summed E-state index contributed by atoms with van der Waals surface area (Å²) in [6.45, 7) is 5.19. The van der Waals surface area contributed by atoms with E-state index in [9.17, 15) is 0 Å². The van der Waals surface area contributed by atoms with Gasteiger partial charge in [0.2, 0.25) is 0 Å². The Labute approximate surface area is 120 Å². The number of rotatable bonds is 4. The SMILES string of the molecule is CCN1CCCCC1Cc1cn2cccc(CN)c2n1. The first kappa shape index (κ1) is 13.6. The molecule has 2 N–H and O–H groups in total. The van der Waals surface area contributed by atoms with Gasteiger partial charge in [-0.2, -0.15) is 0 Å². The minimum absolute atomic E-state index is 0.547. The standard InChI is InChI=1S/C16H24N4/c1-2-19-8-4-3-7-15(19)10-14-12-20-9-5-6-13(11-17)16(20)18-14/h5-6,9,12,15H,2-4,7-8,10-11,17H2,1H3. The molecular formula is C16H24N4. The lowest BCUT2D eigenvalue weighted by molar-refractivity contribution is 0.155. The lowest BCUT2D eigenvalue weighted by Crippen LogP contribution is -2.40. The summed E-state index contributed by atoms with van der Waals surface area (Å²) in [5.41, 5.74) is 9.12. The van der Waals surface area contributed by atoms with E-state index >= 15 is 0 Å². The average molecular weight is 272 g/mol. The van der Waals surface area contributed by atoms with Crippen molar-refractivity contribution < 1.29 is 0 Å². The van der Waals surface area contributed by atoms with Crippen molar-refractivity contribution in [3.05, 3.63) is 35.8 Å². The Kier molecular flexibility index (Phi) is 4.03. The molecule has 20 heavy (non-hydrogen) atoms. The largest absolute Gasteiger partial charge is 0.326 e. The van der Waals surface area contributed by atoms with Crippen molar-refractivity contribution in [3.8, 4) is 0 Å². The molecule has 1 aliphatic heterocycles. The van der Waals surface area contributed by atoms with Gasteiger partial charge in [-0.15, -0.1) is 0 Å². The summed E-state index contributed by atoms with van der Waals surface area (Å²) in [7, 11) is 0. The molecule has 1 aliphatic rings. The zero-order valence-corrected chi connectivity index (χ0v) is 12.3. The summed E-state index contributed by atoms with van der Waals surface area (Å²) in [5.74, 6) is 0. The molecule has 0 radical (unpaired) electrons. The molecule has 0 bridgehead atoms. The molecule has 0 spiro atoms. The lowest BCUT2D eigenvalue weighted by Gasteiger charge is -2.34. The van der Waals surface area contributed by atoms with Crippen LogP contribution in [0.1, 0.15) is 37.4 Å². The molecule has 1 atom stereocenters. The molecule has 0 aromatic carbocycles. The number of imidazole rings is 1. The van der Waals surface area contributed by atoms with E-state index < -0.39 is 0 Å². The molecule has 1 saturated heterocycles. The fourth-order valence-electron chi connectivity index (χ4n) is 3.33. The Morgan fingerprint density at radius 2 is 2.30 bits per heavy atom. The van der Waals surface area contributed by atoms with E-state index in [2.05, 4.69) is 34.7 Å². The maximum Gasteiger partial charge on any atom is 0.141 e. The van der Waals surface area contributed by atoms with Gasteiger partial charge in [0.15, 0.2) is 0 Å². The molecule has 3 rings (SSSR count). The van der Waals surface area contributed by atoms with E-state index in [1.807, 2.05) is 6.07 Å². The van der Waals surface area contributed by atoms with Crippen molar-refractivity contribution in [1.82, 2.24) is 14.3 Å². The fraction of sp³-hybridized carbons (Fsp3) is 0.562. The van der Waals surface area contributed by atoms with E-state index in [1.54, 1.807) is 0 Å². The van der Waals surface area contributed by atoms with Gasteiger partial charge in [0.1, 0.15) is 5.65 Å². The first-order valence-corrected chi connectivity index (χ1v) is 7.71. The smallest absolute Gasteiger partial charge is 0.141 e. The zero-order valence-electron chi connectivity index (χ0n) is 12.3. The van der Waals surface area contributed by atoms with Gasteiger partial charge in [-0.1, -0.05) is 19.4 Å². The number of nitrogens with zero attached hydrogens (tertiary/aromatic N) is 3. The normalized spacial score (nSPS) is 20.6. The Morgan fingerprint density at radius 3 is 3.10 bits per heavy atom. The highest BCUT2D eigenvalue weighted by molar-refractivity contribution is 5.48. The van der Waals surface area contributed by atoms with Gasteiger partial charge in [-0.25, -0.2) is 4.98 Å². The van der Waals surface area contributed by atoms with Crippen LogP contribution < -0.4 is 5.73 Å². The molecule has 3 heterocycles. The number of nitrogens with two attached hydrogens (primary N) is 1. The van der Waals surface area contributed by atoms with E-state index in [-0.39, 0.29) is 0 Å². The number of piperidine rings is 1. The maximum absolute atomic E-state index is 5.79. The van der Waals surface area contributed by atoms with Crippen molar-refractivity contribution in [2.45, 2.75) is 45.2 Å². The van der Waals surface area contributed by atoms with Crippen LogP contribution >= 0.6 is 0 Å². The fourth-order valence-corrected chi connectivity index (χ4v) is 3.33. The van der Waals surface area contributed by atoms with Gasteiger partial charge < -0.3 is 15.0 Å². The predicted molar refractivity (Wildman–Crippen MR) is 81.7 cm³/mol. The molecular weight excluding hydrogens is 248 g/mol. The van der Waals surface area contributed by atoms with Crippen molar-refractivity contribution >= 4 is 5.65 Å². The Bertz CT molecular complexity index is 575. The highest BCUT2D eigenvalue weighted by Gasteiger charge is 2.22. The Morgan fingerprint density at radius 1 is 1.40 bits per heavy atom. The lowest BCUT2D eigenvalue weighted by atomic mass is 9.98. The number of pyridine rings is 1. The van der Waals surface area contributed by atoms with Crippen LogP contribution in [0, 0.1) is 0 Å². The van der Waals surface area contributed by atoms with Gasteiger partial charge in [0, 0.05) is 37.0 Å². The summed E-state index contributed by atoms with van der Waals surface area (Å²) < 4.78 is 2.11. The molecule has 4 heteroatoms. The third-order valence-electron chi connectivity index (χ3n) is 4.43. The van der Waals surface area contributed by atoms with Crippen molar-refractivity contribution in [2.75, 3.05) is 13.1 Å². The van der Waals surface area contributed by atoms with Crippen molar-refractivity contribution in [1.29, 1.82) is 0 Å². The molecule has 108 valence electrons. The van der Waals surface area contributed by atoms with Crippen LogP contribution in [0.2, 0.25) is 0 Å². The second-order valence-electron chi connectivity index (χ2n) is 5.68. The number of hydrogen-bond donors (Lipinski definition) is 1. The third-order valence-corrected chi connectivity index (χ3v) is 4.43. The first-order valence-electron chi connectivity index (χ1n) is 7.71. The number of likely N-dealkylation sites (N-methyl/N-ethyl adjacent to an activating group) is 1. The second-order valence-corrected chi connectivity index (χ2v) is 5.68. The van der Waals surface area contributed by atoms with Crippen LogP contribution in [0.4, 0.5) is 0 Å². The number of hydrogen-bond acceptors (Lipinski definition) is 3. The van der Waals surface area contributed by atoms with Crippen molar-refractivity contribution in [2.24, 2.45) is 5.73 Å². The first-order chi connectivity index (χ1) is 9.81. The van der Waals surface area contributed by atoms with E-state index in [0.29, 0.717) is 12.6 Å². The monoisotopic (exact) mass is 272 g/mol. The molecule has 0 amide bonds. The predicted octanol–water partition coefficient (Wildman–Crippen LogP) is 2.21. The summed E-state index contributed by atoms with van der Waals surface area (Å²) >= 11 is 0. The summed E-state index contributed by atoms with van der Waals surface area (Å²) in [5, 5.41) is 0. The molecule has 2 aromatic heterocycles. The van der Waals surface area contributed by atoms with E-state index in [4.69, 9.17) is 10.7 Å². The van der Waals surface area contributed by atoms with Gasteiger partial charge in [-0.05, 0) is 32.0 Å². The maximum atomic E-state index is 5.79. The van der Waals surface area contributed by atoms with Gasteiger partial charge >= 0.3 is 0 Å². The molecule has 1 unspecified atom stereocenters. The molecule has 1 fully saturated rings. The summed E-state index contributed by atoms with van der Waals surface area (Å²) in [6, 6.07) is 4.75. The Balaban J connectivity index is 1.83. The van der Waals surface area contributed by atoms with Crippen LogP contribution in [0.3, 0.4) is 0 Å². The number of fused-ring (bicyclic) bond motifs is 1. The van der Waals surface area contributed by atoms with E-state index in [0.717, 1.165) is 24.2 Å². The van der Waals surface area contributed by atoms with Crippen LogP contribution in [0.5, 0.6) is 0 Å². The minimum Gasteiger partial charge on any atom is -0.326 e. The quantitative estimate of drug-likeness (QED) is 0.928. The average Bonchev–Trinajstić information content (AvgIpc) is 2.90. The number of likely N-dealkylation sites (tertiary alicyclic amines) is 1. The van der Waals surface area contributed by atoms with Gasteiger partial charge in [0.25, 0.3) is 0 Å². The molecule has 4 nitrogen and oxygen atoms in total. The van der Waals surface area contributed by atoms with Crippen LogP contribution in [0.25, 0.3) is 5.65 Å². The van der Waals surface area contributed by atoms with Crippen LogP contribution in [0.15, 0.2) is 24.5 Å². The molecule has 0 saturated carbocycles. The topological polar surface area (TPSA) is 46.6 Å².